The number of nitrogens with two attached hydrogens (primary N) is 1. The number of hydrogen-bond acceptors (Lipinski definition) is 4. The second kappa shape index (κ2) is 7.45. The van der Waals surface area contributed by atoms with E-state index in [1.54, 1.807) is 13.0 Å². The minimum Gasteiger partial charge on any atom is -0.462 e. The van der Waals surface area contributed by atoms with Crippen molar-refractivity contribution in [2.45, 2.75) is 13.0 Å². The summed E-state index contributed by atoms with van der Waals surface area (Å²) in [6.07, 6.45) is 0. The van der Waals surface area contributed by atoms with Gasteiger partial charge in [-0.25, -0.2) is 4.79 Å². The van der Waals surface area contributed by atoms with E-state index in [4.69, 9.17) is 10.5 Å². The normalized spacial score (nSPS) is 11.7. The molecule has 2 aromatic carbocycles. The molecule has 0 saturated heterocycles. The number of nitrogens with one attached hydrogen (secondary N) is 1. The summed E-state index contributed by atoms with van der Waals surface area (Å²) >= 11 is 0. The van der Waals surface area contributed by atoms with Crippen molar-refractivity contribution in [1.29, 1.82) is 0 Å². The third-order valence-corrected chi connectivity index (χ3v) is 3.19. The molecular formula is C17H20N2O2. The Morgan fingerprint density at radius 3 is 2.48 bits per heavy atom. The third-order valence-electron chi connectivity index (χ3n) is 3.19. The zero-order chi connectivity index (χ0) is 15.1. The maximum atomic E-state index is 12.0. The van der Waals surface area contributed by atoms with E-state index in [-0.39, 0.29) is 12.0 Å². The molecule has 0 aliphatic rings. The lowest BCUT2D eigenvalue weighted by atomic mass is 10.1. The molecule has 1 atom stereocenters. The van der Waals surface area contributed by atoms with E-state index in [1.165, 1.54) is 0 Å². The number of rotatable bonds is 6. The summed E-state index contributed by atoms with van der Waals surface area (Å²) in [6.45, 7) is 2.58. The zero-order valence-corrected chi connectivity index (χ0v) is 12.1. The summed E-state index contributed by atoms with van der Waals surface area (Å²) in [7, 11) is 0. The second-order valence-electron chi connectivity index (χ2n) is 4.61. The molecule has 3 N–H and O–H groups in total. The number of esters is 1. The molecule has 0 spiro atoms. The van der Waals surface area contributed by atoms with E-state index < -0.39 is 0 Å². The van der Waals surface area contributed by atoms with Crippen LogP contribution in [0, 0.1) is 0 Å². The van der Waals surface area contributed by atoms with Gasteiger partial charge >= 0.3 is 5.97 Å². The summed E-state index contributed by atoms with van der Waals surface area (Å²) in [4.78, 5) is 12.0. The Hall–Kier alpha value is -2.33. The van der Waals surface area contributed by atoms with Gasteiger partial charge in [-0.3, -0.25) is 0 Å². The van der Waals surface area contributed by atoms with Crippen LogP contribution in [0.3, 0.4) is 0 Å². The Morgan fingerprint density at radius 2 is 1.81 bits per heavy atom. The molecule has 0 amide bonds. The van der Waals surface area contributed by atoms with Crippen molar-refractivity contribution in [2.75, 3.05) is 18.5 Å². The summed E-state index contributed by atoms with van der Waals surface area (Å²) in [5.74, 6) is -0.329. The lowest BCUT2D eigenvalue weighted by Crippen LogP contribution is -2.22. The van der Waals surface area contributed by atoms with Crippen LogP contribution < -0.4 is 11.1 Å². The average molecular weight is 284 g/mol. The molecule has 0 saturated carbocycles. The van der Waals surface area contributed by atoms with Crippen LogP contribution in [-0.4, -0.2) is 19.1 Å². The van der Waals surface area contributed by atoms with E-state index in [1.807, 2.05) is 48.5 Å². The molecule has 0 heterocycles. The molecule has 1 unspecified atom stereocenters. The maximum Gasteiger partial charge on any atom is 0.340 e. The summed E-state index contributed by atoms with van der Waals surface area (Å²) in [5.41, 5.74) is 8.19. The van der Waals surface area contributed by atoms with Crippen molar-refractivity contribution in [1.82, 2.24) is 0 Å². The van der Waals surface area contributed by atoms with Gasteiger partial charge in [-0.05, 0) is 24.6 Å². The number of para-hydroxylation sites is 1. The predicted molar refractivity (Wildman–Crippen MR) is 84.3 cm³/mol. The second-order valence-corrected chi connectivity index (χ2v) is 4.61. The number of hydrogen-bond donors (Lipinski definition) is 2. The van der Waals surface area contributed by atoms with Crippen molar-refractivity contribution < 1.29 is 9.53 Å². The highest BCUT2D eigenvalue weighted by molar-refractivity contribution is 5.95. The van der Waals surface area contributed by atoms with Gasteiger partial charge in [0.05, 0.1) is 18.2 Å². The Balaban J connectivity index is 2.24. The van der Waals surface area contributed by atoms with Gasteiger partial charge in [0.2, 0.25) is 0 Å². The highest BCUT2D eigenvalue weighted by atomic mass is 16.5. The van der Waals surface area contributed by atoms with Crippen molar-refractivity contribution in [2.24, 2.45) is 5.73 Å². The van der Waals surface area contributed by atoms with Crippen LogP contribution in [0.4, 0.5) is 5.69 Å². The molecule has 21 heavy (non-hydrogen) atoms. The van der Waals surface area contributed by atoms with Gasteiger partial charge < -0.3 is 15.8 Å². The van der Waals surface area contributed by atoms with E-state index in [0.29, 0.717) is 18.7 Å². The van der Waals surface area contributed by atoms with E-state index in [2.05, 4.69) is 5.32 Å². The standard InChI is InChI=1S/C17H20N2O2/c1-2-21-17(20)14-10-6-7-11-15(14)19-16(12-18)13-8-4-3-5-9-13/h3-11,16,19H,2,12,18H2,1H3. The number of benzene rings is 2. The lowest BCUT2D eigenvalue weighted by molar-refractivity contribution is 0.0527. The first kappa shape index (κ1) is 15.1. The van der Waals surface area contributed by atoms with Gasteiger partial charge in [0.25, 0.3) is 0 Å². The summed E-state index contributed by atoms with van der Waals surface area (Å²) < 4.78 is 5.08. The first-order valence-corrected chi connectivity index (χ1v) is 7.04. The Bertz CT molecular complexity index is 584. The molecule has 0 radical (unpaired) electrons. The van der Waals surface area contributed by atoms with Crippen molar-refractivity contribution >= 4 is 11.7 Å². The van der Waals surface area contributed by atoms with Crippen LogP contribution in [0.5, 0.6) is 0 Å². The quantitative estimate of drug-likeness (QED) is 0.800. The van der Waals surface area contributed by atoms with Gasteiger partial charge in [-0.1, -0.05) is 42.5 Å². The minimum absolute atomic E-state index is 0.0539. The monoisotopic (exact) mass is 284 g/mol. The average Bonchev–Trinajstić information content (AvgIpc) is 2.54. The first-order valence-electron chi connectivity index (χ1n) is 7.04. The number of carbonyl (C=O) groups excluding carboxylic acids is 1. The predicted octanol–water partition coefficient (Wildman–Crippen LogP) is 2.98. The Kier molecular flexibility index (Phi) is 5.35. The fourth-order valence-electron chi connectivity index (χ4n) is 2.15. The van der Waals surface area contributed by atoms with Crippen LogP contribution in [0.1, 0.15) is 28.9 Å². The molecule has 0 aliphatic heterocycles. The fraction of sp³-hybridized carbons (Fsp3) is 0.235. The molecule has 0 aliphatic carbocycles. The lowest BCUT2D eigenvalue weighted by Gasteiger charge is -2.20. The molecular weight excluding hydrogens is 264 g/mol. The van der Waals surface area contributed by atoms with Crippen molar-refractivity contribution in [3.05, 3.63) is 65.7 Å². The molecule has 0 bridgehead atoms. The van der Waals surface area contributed by atoms with E-state index in [0.717, 1.165) is 11.3 Å². The van der Waals surface area contributed by atoms with E-state index >= 15 is 0 Å². The maximum absolute atomic E-state index is 12.0. The van der Waals surface area contributed by atoms with Gasteiger partial charge in [-0.15, -0.1) is 0 Å². The highest BCUT2D eigenvalue weighted by Gasteiger charge is 2.15. The van der Waals surface area contributed by atoms with Crippen LogP contribution >= 0.6 is 0 Å². The molecule has 4 nitrogen and oxygen atoms in total. The van der Waals surface area contributed by atoms with Crippen LogP contribution in [0.2, 0.25) is 0 Å². The molecule has 4 heteroatoms. The van der Waals surface area contributed by atoms with Crippen LogP contribution in [0.15, 0.2) is 54.6 Å². The third kappa shape index (κ3) is 3.83. The van der Waals surface area contributed by atoms with Gasteiger partial charge in [0, 0.05) is 12.2 Å². The largest absolute Gasteiger partial charge is 0.462 e. The van der Waals surface area contributed by atoms with Gasteiger partial charge in [0.1, 0.15) is 0 Å². The van der Waals surface area contributed by atoms with Crippen molar-refractivity contribution in [3.8, 4) is 0 Å². The molecule has 0 fully saturated rings. The van der Waals surface area contributed by atoms with Gasteiger partial charge in [0.15, 0.2) is 0 Å². The van der Waals surface area contributed by atoms with Crippen LogP contribution in [-0.2, 0) is 4.74 Å². The molecule has 110 valence electrons. The van der Waals surface area contributed by atoms with Crippen LogP contribution in [0.25, 0.3) is 0 Å². The zero-order valence-electron chi connectivity index (χ0n) is 12.1. The molecule has 2 rings (SSSR count). The first-order chi connectivity index (χ1) is 10.3. The number of carbonyl (C=O) groups is 1. The smallest absolute Gasteiger partial charge is 0.340 e. The summed E-state index contributed by atoms with van der Waals surface area (Å²) in [6, 6.07) is 17.2. The minimum atomic E-state index is -0.329. The van der Waals surface area contributed by atoms with Gasteiger partial charge in [-0.2, -0.15) is 0 Å². The topological polar surface area (TPSA) is 64.3 Å². The fourth-order valence-corrected chi connectivity index (χ4v) is 2.15. The number of ether oxygens (including phenoxy) is 1. The highest BCUT2D eigenvalue weighted by Crippen LogP contribution is 2.22. The van der Waals surface area contributed by atoms with Crippen molar-refractivity contribution in [3.63, 3.8) is 0 Å². The molecule has 0 aromatic heterocycles. The summed E-state index contributed by atoms with van der Waals surface area (Å²) in [5, 5.41) is 3.33. The number of anilines is 1. The van der Waals surface area contributed by atoms with E-state index in [9.17, 15) is 4.79 Å². The Labute approximate surface area is 124 Å². The Morgan fingerprint density at radius 1 is 1.14 bits per heavy atom. The molecule has 2 aromatic rings. The SMILES string of the molecule is CCOC(=O)c1ccccc1NC(CN)c1ccccc1.